The van der Waals surface area contributed by atoms with E-state index in [-0.39, 0.29) is 0 Å². The minimum Gasteiger partial charge on any atom is -0.327 e. The lowest BCUT2D eigenvalue weighted by Gasteiger charge is -2.11. The number of rotatable bonds is 4. The van der Waals surface area contributed by atoms with Gasteiger partial charge in [-0.1, -0.05) is 13.8 Å². The molecule has 0 heterocycles. The average molecular weight is 147 g/mol. The Bertz CT molecular complexity index is 63.9. The van der Waals surface area contributed by atoms with Gasteiger partial charge in [-0.05, 0) is 18.6 Å². The van der Waals surface area contributed by atoms with Crippen molar-refractivity contribution in [2.24, 2.45) is 11.7 Å². The Balaban J connectivity index is 3.15. The fourth-order valence-corrected chi connectivity index (χ4v) is 1.45. The molecule has 0 aliphatic heterocycles. The quantitative estimate of drug-likeness (QED) is 0.655. The monoisotopic (exact) mass is 147 g/mol. The molecule has 0 unspecified atom stereocenters. The molecule has 0 aliphatic carbocycles. The van der Waals surface area contributed by atoms with Crippen molar-refractivity contribution in [1.82, 2.24) is 0 Å². The van der Waals surface area contributed by atoms with E-state index in [2.05, 4.69) is 20.1 Å². The zero-order chi connectivity index (χ0) is 7.28. The first kappa shape index (κ1) is 9.31. The molecular weight excluding hydrogens is 130 g/mol. The van der Waals surface area contributed by atoms with E-state index < -0.39 is 0 Å². The molecule has 56 valence electrons. The van der Waals surface area contributed by atoms with E-state index in [0.29, 0.717) is 6.04 Å². The van der Waals surface area contributed by atoms with Gasteiger partial charge in [0.2, 0.25) is 0 Å². The van der Waals surface area contributed by atoms with Gasteiger partial charge in [-0.3, -0.25) is 0 Å². The van der Waals surface area contributed by atoms with E-state index in [1.165, 1.54) is 0 Å². The molecular formula is C7H17NS. The first-order valence-electron chi connectivity index (χ1n) is 3.41. The Morgan fingerprint density at radius 3 is 2.33 bits per heavy atom. The minimum absolute atomic E-state index is 0.403. The van der Waals surface area contributed by atoms with Crippen LogP contribution in [0.4, 0.5) is 0 Å². The second-order valence-corrected chi connectivity index (χ2v) is 3.76. The summed E-state index contributed by atoms with van der Waals surface area (Å²) in [6.45, 7) is 4.42. The van der Waals surface area contributed by atoms with Crippen molar-refractivity contribution in [1.29, 1.82) is 0 Å². The fourth-order valence-electron chi connectivity index (χ4n) is 0.888. The number of hydrogen-bond donors (Lipinski definition) is 1. The minimum atomic E-state index is 0.403. The van der Waals surface area contributed by atoms with Crippen molar-refractivity contribution in [3.05, 3.63) is 0 Å². The SMILES string of the molecule is CSC[C@H](N)CC(C)C. The molecule has 1 nitrogen and oxygen atoms in total. The second kappa shape index (κ2) is 5.12. The summed E-state index contributed by atoms with van der Waals surface area (Å²) in [4.78, 5) is 0. The van der Waals surface area contributed by atoms with Gasteiger partial charge in [0.25, 0.3) is 0 Å². The second-order valence-electron chi connectivity index (χ2n) is 2.84. The summed E-state index contributed by atoms with van der Waals surface area (Å²) in [6.07, 6.45) is 3.25. The molecule has 0 spiro atoms. The molecule has 0 amide bonds. The van der Waals surface area contributed by atoms with Crippen molar-refractivity contribution in [2.75, 3.05) is 12.0 Å². The van der Waals surface area contributed by atoms with Crippen LogP contribution in [0.2, 0.25) is 0 Å². The molecule has 0 aliphatic rings. The first-order chi connectivity index (χ1) is 4.16. The third-order valence-corrected chi connectivity index (χ3v) is 1.92. The molecule has 0 radical (unpaired) electrons. The Kier molecular flexibility index (Phi) is 5.30. The van der Waals surface area contributed by atoms with Gasteiger partial charge in [0.1, 0.15) is 0 Å². The van der Waals surface area contributed by atoms with Crippen LogP contribution >= 0.6 is 11.8 Å². The highest BCUT2D eigenvalue weighted by atomic mass is 32.2. The number of nitrogens with two attached hydrogens (primary N) is 1. The van der Waals surface area contributed by atoms with Gasteiger partial charge in [0.05, 0.1) is 0 Å². The van der Waals surface area contributed by atoms with Crippen molar-refractivity contribution in [3.8, 4) is 0 Å². The first-order valence-corrected chi connectivity index (χ1v) is 4.80. The van der Waals surface area contributed by atoms with Crippen molar-refractivity contribution in [3.63, 3.8) is 0 Å². The molecule has 0 fully saturated rings. The summed E-state index contributed by atoms with van der Waals surface area (Å²) in [5.74, 6) is 1.84. The predicted octanol–water partition coefficient (Wildman–Crippen LogP) is 1.72. The van der Waals surface area contributed by atoms with E-state index in [9.17, 15) is 0 Å². The van der Waals surface area contributed by atoms with Gasteiger partial charge in [-0.2, -0.15) is 11.8 Å². The van der Waals surface area contributed by atoms with Gasteiger partial charge in [-0.25, -0.2) is 0 Å². The topological polar surface area (TPSA) is 26.0 Å². The molecule has 2 N–H and O–H groups in total. The molecule has 0 rings (SSSR count). The van der Waals surface area contributed by atoms with Crippen LogP contribution in [0.3, 0.4) is 0 Å². The lowest BCUT2D eigenvalue weighted by atomic mass is 10.1. The van der Waals surface area contributed by atoms with Gasteiger partial charge < -0.3 is 5.73 Å². The summed E-state index contributed by atoms with van der Waals surface area (Å²) < 4.78 is 0. The number of thioether (sulfide) groups is 1. The molecule has 0 saturated heterocycles. The van der Waals surface area contributed by atoms with Crippen LogP contribution in [0.15, 0.2) is 0 Å². The zero-order valence-electron chi connectivity index (χ0n) is 6.55. The van der Waals surface area contributed by atoms with Crippen LogP contribution in [-0.4, -0.2) is 18.1 Å². The van der Waals surface area contributed by atoms with E-state index in [1.54, 1.807) is 0 Å². The maximum Gasteiger partial charge on any atom is 0.0132 e. The van der Waals surface area contributed by atoms with Gasteiger partial charge >= 0.3 is 0 Å². The van der Waals surface area contributed by atoms with Crippen molar-refractivity contribution < 1.29 is 0 Å². The highest BCUT2D eigenvalue weighted by Crippen LogP contribution is 2.05. The molecule has 0 aromatic rings. The Morgan fingerprint density at radius 2 is 2.00 bits per heavy atom. The third kappa shape index (κ3) is 6.19. The van der Waals surface area contributed by atoms with E-state index in [0.717, 1.165) is 18.1 Å². The summed E-state index contributed by atoms with van der Waals surface area (Å²) in [7, 11) is 0. The molecule has 0 aromatic carbocycles. The number of hydrogen-bond acceptors (Lipinski definition) is 2. The normalized spacial score (nSPS) is 14.3. The lowest BCUT2D eigenvalue weighted by Crippen LogP contribution is -2.24. The van der Waals surface area contributed by atoms with Crippen molar-refractivity contribution >= 4 is 11.8 Å². The Hall–Kier alpha value is 0.310. The molecule has 9 heavy (non-hydrogen) atoms. The van der Waals surface area contributed by atoms with Crippen LogP contribution in [-0.2, 0) is 0 Å². The van der Waals surface area contributed by atoms with E-state index in [4.69, 9.17) is 5.73 Å². The van der Waals surface area contributed by atoms with Crippen LogP contribution in [0.1, 0.15) is 20.3 Å². The third-order valence-electron chi connectivity index (χ3n) is 1.15. The molecule has 0 aromatic heterocycles. The van der Waals surface area contributed by atoms with Crippen LogP contribution < -0.4 is 5.73 Å². The van der Waals surface area contributed by atoms with E-state index in [1.807, 2.05) is 11.8 Å². The largest absolute Gasteiger partial charge is 0.327 e. The zero-order valence-corrected chi connectivity index (χ0v) is 7.37. The summed E-state index contributed by atoms with van der Waals surface area (Å²) in [5.41, 5.74) is 5.76. The molecule has 1 atom stereocenters. The Morgan fingerprint density at radius 1 is 1.44 bits per heavy atom. The molecule has 0 saturated carbocycles. The maximum atomic E-state index is 5.76. The summed E-state index contributed by atoms with van der Waals surface area (Å²) in [5, 5.41) is 0. The highest BCUT2D eigenvalue weighted by molar-refractivity contribution is 7.98. The maximum absolute atomic E-state index is 5.76. The van der Waals surface area contributed by atoms with Crippen LogP contribution in [0.5, 0.6) is 0 Å². The average Bonchev–Trinajstić information content (AvgIpc) is 1.63. The summed E-state index contributed by atoms with van der Waals surface area (Å²) >= 11 is 1.83. The van der Waals surface area contributed by atoms with Gasteiger partial charge in [-0.15, -0.1) is 0 Å². The standard InChI is InChI=1S/C7H17NS/c1-6(2)4-7(8)5-9-3/h6-7H,4-5,8H2,1-3H3/t7-/m1/s1. The molecule has 2 heteroatoms. The van der Waals surface area contributed by atoms with Gasteiger partial charge in [0.15, 0.2) is 0 Å². The predicted molar refractivity (Wildman–Crippen MR) is 45.8 cm³/mol. The molecule has 0 bridgehead atoms. The van der Waals surface area contributed by atoms with Gasteiger partial charge in [0, 0.05) is 11.8 Å². The van der Waals surface area contributed by atoms with E-state index >= 15 is 0 Å². The fraction of sp³-hybridized carbons (Fsp3) is 1.00. The van der Waals surface area contributed by atoms with Crippen molar-refractivity contribution in [2.45, 2.75) is 26.3 Å². The smallest absolute Gasteiger partial charge is 0.0132 e. The Labute approximate surface area is 62.4 Å². The van der Waals surface area contributed by atoms with Crippen LogP contribution in [0.25, 0.3) is 0 Å². The lowest BCUT2D eigenvalue weighted by molar-refractivity contribution is 0.524. The summed E-state index contributed by atoms with van der Waals surface area (Å²) in [6, 6.07) is 0.403. The highest BCUT2D eigenvalue weighted by Gasteiger charge is 2.02. The van der Waals surface area contributed by atoms with Crippen LogP contribution in [0, 0.1) is 5.92 Å².